The van der Waals surface area contributed by atoms with Crippen molar-refractivity contribution in [1.29, 1.82) is 0 Å². The third kappa shape index (κ3) is 11.0. The Morgan fingerprint density at radius 1 is 0.833 bits per heavy atom. The van der Waals surface area contributed by atoms with E-state index in [1.807, 2.05) is 24.3 Å². The lowest BCUT2D eigenvalue weighted by molar-refractivity contribution is -0.142. The standard InChI is InChI=1S/C26H41N11O5/c1-14(27)21(38)37-20(12-15-13-34-17-7-3-2-6-16(15)17)23(40)35-18(8-4-10-32-25(28)29)22(39)36-19(24(41)42)9-5-11-33-26(30)31/h2-3,6-7,13-14,18-20,34H,4-5,8-12,27H2,1H3,(H,35,40)(H,36,39)(H,37,38)(H,41,42)(H4,28,29,32)(H4,30,31,33). The van der Waals surface area contributed by atoms with Crippen molar-refractivity contribution in [2.45, 2.75) is 63.2 Å². The molecule has 0 saturated heterocycles. The highest BCUT2D eigenvalue weighted by molar-refractivity contribution is 5.94. The summed E-state index contributed by atoms with van der Waals surface area (Å²) in [6.07, 6.45) is 2.53. The Morgan fingerprint density at radius 3 is 1.93 bits per heavy atom. The van der Waals surface area contributed by atoms with Crippen LogP contribution in [-0.4, -0.2) is 83.0 Å². The number of aromatic amines is 1. The third-order valence-corrected chi connectivity index (χ3v) is 6.28. The number of para-hydroxylation sites is 1. The summed E-state index contributed by atoms with van der Waals surface area (Å²) in [5.41, 5.74) is 28.7. The van der Waals surface area contributed by atoms with Gasteiger partial charge in [0.2, 0.25) is 17.7 Å². The van der Waals surface area contributed by atoms with Crippen molar-refractivity contribution in [2.75, 3.05) is 13.1 Å². The highest BCUT2D eigenvalue weighted by Crippen LogP contribution is 2.19. The smallest absolute Gasteiger partial charge is 0.326 e. The summed E-state index contributed by atoms with van der Waals surface area (Å²) in [6, 6.07) is 3.06. The number of carbonyl (C=O) groups is 4. The van der Waals surface area contributed by atoms with Crippen LogP contribution in [0.15, 0.2) is 40.4 Å². The molecule has 15 N–H and O–H groups in total. The van der Waals surface area contributed by atoms with E-state index in [4.69, 9.17) is 28.7 Å². The zero-order valence-electron chi connectivity index (χ0n) is 23.5. The van der Waals surface area contributed by atoms with Crippen LogP contribution in [0.5, 0.6) is 0 Å². The Balaban J connectivity index is 2.25. The minimum atomic E-state index is -1.26. The van der Waals surface area contributed by atoms with E-state index >= 15 is 0 Å². The van der Waals surface area contributed by atoms with E-state index in [-0.39, 0.29) is 57.1 Å². The molecule has 0 aliphatic heterocycles. The molecule has 1 heterocycles. The van der Waals surface area contributed by atoms with Crippen LogP contribution in [0, 0.1) is 0 Å². The van der Waals surface area contributed by atoms with Gasteiger partial charge in [-0.15, -0.1) is 0 Å². The molecule has 3 amide bonds. The summed E-state index contributed by atoms with van der Waals surface area (Å²) in [4.78, 5) is 61.9. The van der Waals surface area contributed by atoms with Crippen LogP contribution in [0.25, 0.3) is 10.9 Å². The number of aliphatic imine (C=N–C) groups is 2. The van der Waals surface area contributed by atoms with Gasteiger partial charge >= 0.3 is 5.97 Å². The topological polar surface area (TPSA) is 295 Å². The minimum Gasteiger partial charge on any atom is -0.480 e. The summed E-state index contributed by atoms with van der Waals surface area (Å²) in [7, 11) is 0. The number of aromatic nitrogens is 1. The van der Waals surface area contributed by atoms with Gasteiger partial charge in [-0.3, -0.25) is 24.4 Å². The van der Waals surface area contributed by atoms with Crippen LogP contribution in [0.2, 0.25) is 0 Å². The van der Waals surface area contributed by atoms with Gasteiger partial charge in [-0.25, -0.2) is 4.79 Å². The summed E-state index contributed by atoms with van der Waals surface area (Å²) < 4.78 is 0. The van der Waals surface area contributed by atoms with Crippen molar-refractivity contribution in [3.8, 4) is 0 Å². The second-order valence-electron chi connectivity index (χ2n) is 9.77. The van der Waals surface area contributed by atoms with Gasteiger partial charge in [0.1, 0.15) is 18.1 Å². The second-order valence-corrected chi connectivity index (χ2v) is 9.77. The molecule has 0 bridgehead atoms. The van der Waals surface area contributed by atoms with E-state index in [9.17, 15) is 24.3 Å². The maximum atomic E-state index is 13.5. The zero-order valence-corrected chi connectivity index (χ0v) is 23.5. The lowest BCUT2D eigenvalue weighted by Crippen LogP contribution is -2.57. The number of hydrogen-bond donors (Lipinski definition) is 10. The van der Waals surface area contributed by atoms with E-state index in [0.717, 1.165) is 16.5 Å². The molecular formula is C26H41N11O5. The monoisotopic (exact) mass is 587 g/mol. The highest BCUT2D eigenvalue weighted by Gasteiger charge is 2.30. The number of benzene rings is 1. The minimum absolute atomic E-state index is 0.0418. The van der Waals surface area contributed by atoms with E-state index < -0.39 is 47.9 Å². The molecular weight excluding hydrogens is 546 g/mol. The molecule has 0 aliphatic carbocycles. The van der Waals surface area contributed by atoms with Gasteiger partial charge in [-0.1, -0.05) is 18.2 Å². The zero-order chi connectivity index (χ0) is 31.2. The summed E-state index contributed by atoms with van der Waals surface area (Å²) in [6.45, 7) is 1.83. The Morgan fingerprint density at radius 2 is 1.36 bits per heavy atom. The Kier molecular flexibility index (Phi) is 13.0. The number of hydrogen-bond acceptors (Lipinski definition) is 7. The lowest BCUT2D eigenvalue weighted by Gasteiger charge is -2.25. The molecule has 0 saturated carbocycles. The van der Waals surface area contributed by atoms with Crippen LogP contribution >= 0.6 is 0 Å². The van der Waals surface area contributed by atoms with Crippen molar-refractivity contribution in [2.24, 2.45) is 38.7 Å². The molecule has 16 nitrogen and oxygen atoms in total. The molecule has 4 unspecified atom stereocenters. The van der Waals surface area contributed by atoms with Gasteiger partial charge in [0, 0.05) is 36.6 Å². The van der Waals surface area contributed by atoms with Crippen molar-refractivity contribution in [3.05, 3.63) is 36.0 Å². The van der Waals surface area contributed by atoms with E-state index in [2.05, 4.69) is 30.9 Å². The molecule has 4 atom stereocenters. The van der Waals surface area contributed by atoms with Crippen LogP contribution in [-0.2, 0) is 25.6 Å². The van der Waals surface area contributed by atoms with E-state index in [0.29, 0.717) is 0 Å². The van der Waals surface area contributed by atoms with Crippen LogP contribution in [0.3, 0.4) is 0 Å². The SMILES string of the molecule is CC(N)C(=O)NC(Cc1c[nH]c2ccccc12)C(=O)NC(CCCN=C(N)N)C(=O)NC(CCCN=C(N)N)C(=O)O. The first-order valence-electron chi connectivity index (χ1n) is 13.4. The number of nitrogens with zero attached hydrogens (tertiary/aromatic N) is 2. The van der Waals surface area contributed by atoms with Crippen molar-refractivity contribution < 1.29 is 24.3 Å². The number of amides is 3. The molecule has 2 aromatic rings. The first-order valence-corrected chi connectivity index (χ1v) is 13.4. The van der Waals surface area contributed by atoms with Gasteiger partial charge in [-0.05, 0) is 44.2 Å². The average molecular weight is 588 g/mol. The number of nitrogens with two attached hydrogens (primary N) is 5. The Hall–Kier alpha value is -4.86. The fourth-order valence-electron chi connectivity index (χ4n) is 4.11. The van der Waals surface area contributed by atoms with Crippen molar-refractivity contribution in [1.82, 2.24) is 20.9 Å². The maximum Gasteiger partial charge on any atom is 0.326 e. The number of fused-ring (bicyclic) bond motifs is 1. The highest BCUT2D eigenvalue weighted by atomic mass is 16.4. The Bertz CT molecular complexity index is 1280. The van der Waals surface area contributed by atoms with Crippen LogP contribution in [0.4, 0.5) is 0 Å². The van der Waals surface area contributed by atoms with Gasteiger partial charge in [0.05, 0.1) is 6.04 Å². The van der Waals surface area contributed by atoms with Gasteiger partial charge in [0.15, 0.2) is 11.9 Å². The second kappa shape index (κ2) is 16.4. The molecule has 0 fully saturated rings. The van der Waals surface area contributed by atoms with Gasteiger partial charge in [-0.2, -0.15) is 0 Å². The number of aliphatic carboxylic acids is 1. The molecule has 0 radical (unpaired) electrons. The maximum absolute atomic E-state index is 13.5. The summed E-state index contributed by atoms with van der Waals surface area (Å²) >= 11 is 0. The number of H-pyrrole nitrogens is 1. The molecule has 230 valence electrons. The number of carboxylic acids is 1. The largest absolute Gasteiger partial charge is 0.480 e. The fourth-order valence-corrected chi connectivity index (χ4v) is 4.11. The predicted octanol–water partition coefficient (Wildman–Crippen LogP) is -2.30. The molecule has 42 heavy (non-hydrogen) atoms. The Labute approximate surface area is 242 Å². The summed E-state index contributed by atoms with van der Waals surface area (Å²) in [5.74, 6) is -3.48. The first-order chi connectivity index (χ1) is 19.9. The predicted molar refractivity (Wildman–Crippen MR) is 159 cm³/mol. The lowest BCUT2D eigenvalue weighted by atomic mass is 10.0. The molecule has 16 heteroatoms. The van der Waals surface area contributed by atoms with Crippen LogP contribution < -0.4 is 44.6 Å². The average Bonchev–Trinajstić information content (AvgIpc) is 3.33. The quantitative estimate of drug-likeness (QED) is 0.0536. The number of carbonyl (C=O) groups excluding carboxylic acids is 3. The van der Waals surface area contributed by atoms with Crippen LogP contribution in [0.1, 0.15) is 38.2 Å². The van der Waals surface area contributed by atoms with Gasteiger partial charge < -0.3 is 54.7 Å². The fraction of sp³-hybridized carbons (Fsp3) is 0.462. The van der Waals surface area contributed by atoms with Crippen molar-refractivity contribution >= 4 is 46.5 Å². The molecule has 0 spiro atoms. The molecule has 1 aromatic heterocycles. The molecule has 0 aliphatic rings. The first kappa shape index (κ1) is 33.3. The summed E-state index contributed by atoms with van der Waals surface area (Å²) in [5, 5.41) is 18.3. The number of guanidine groups is 2. The molecule has 1 aromatic carbocycles. The van der Waals surface area contributed by atoms with Gasteiger partial charge in [0.25, 0.3) is 0 Å². The van der Waals surface area contributed by atoms with E-state index in [1.165, 1.54) is 6.92 Å². The normalized spacial score (nSPS) is 13.7. The number of rotatable bonds is 17. The third-order valence-electron chi connectivity index (χ3n) is 6.28. The number of nitrogens with one attached hydrogen (secondary N) is 4. The molecule has 2 rings (SSSR count). The van der Waals surface area contributed by atoms with Crippen molar-refractivity contribution in [3.63, 3.8) is 0 Å². The van der Waals surface area contributed by atoms with E-state index in [1.54, 1.807) is 6.20 Å². The number of carboxylic acid groups (broad SMARTS) is 1.